The lowest BCUT2D eigenvalue weighted by Gasteiger charge is -2.35. The number of sulfone groups is 1. The molecule has 1 saturated carbocycles. The Morgan fingerprint density at radius 1 is 1.34 bits per heavy atom. The molecule has 1 fully saturated rings. The fraction of sp³-hybridized carbons (Fsp3) is 0.556. The van der Waals surface area contributed by atoms with Crippen LogP contribution in [0.15, 0.2) is 23.6 Å². The van der Waals surface area contributed by atoms with Crippen molar-refractivity contribution in [3.8, 4) is 5.88 Å². The third kappa shape index (κ3) is 4.90. The summed E-state index contributed by atoms with van der Waals surface area (Å²) >= 11 is 6.11. The number of rotatable bonds is 8. The van der Waals surface area contributed by atoms with E-state index in [2.05, 4.69) is 20.0 Å². The molecular weight excluding hydrogens is 418 g/mol. The van der Waals surface area contributed by atoms with Gasteiger partial charge < -0.3 is 9.47 Å². The van der Waals surface area contributed by atoms with Crippen LogP contribution in [0.3, 0.4) is 0 Å². The molecule has 0 bridgehead atoms. The van der Waals surface area contributed by atoms with E-state index in [9.17, 15) is 8.42 Å². The number of halogens is 1. The van der Waals surface area contributed by atoms with E-state index in [0.29, 0.717) is 35.1 Å². The predicted molar refractivity (Wildman–Crippen MR) is 110 cm³/mol. The summed E-state index contributed by atoms with van der Waals surface area (Å²) in [5.41, 5.74) is 8.67. The lowest BCUT2D eigenvalue weighted by molar-refractivity contribution is 0.0724. The second kappa shape index (κ2) is 8.31. The normalized spacial score (nSPS) is 21.1. The minimum absolute atomic E-state index is 0.100. The minimum atomic E-state index is -3.00. The molecule has 11 heteroatoms. The Labute approximate surface area is 173 Å². The van der Waals surface area contributed by atoms with Gasteiger partial charge in [-0.1, -0.05) is 16.7 Å². The standard InChI is InChI=1S/C18H22ClN5O4S/c1-18(10-27-2,23-24-20)15-8-22-17(14-7-21-16(19)6-13(14)15)28-12-4-11(5-12)9-29(3,25)26/h6-8,11-12H,4-5,9-10H2,1-3H3/t11-,12+,18?. The lowest BCUT2D eigenvalue weighted by atomic mass is 9.84. The van der Waals surface area contributed by atoms with Gasteiger partial charge in [0.15, 0.2) is 0 Å². The maximum Gasteiger partial charge on any atom is 0.223 e. The number of hydrogen-bond acceptors (Lipinski definition) is 7. The van der Waals surface area contributed by atoms with E-state index in [1.807, 2.05) is 0 Å². The quantitative estimate of drug-likeness (QED) is 0.267. The number of hydrogen-bond donors (Lipinski definition) is 0. The molecule has 1 aliphatic rings. The largest absolute Gasteiger partial charge is 0.474 e. The smallest absolute Gasteiger partial charge is 0.223 e. The number of fused-ring (bicyclic) bond motifs is 1. The van der Waals surface area contributed by atoms with Crippen molar-refractivity contribution in [2.45, 2.75) is 31.4 Å². The maximum atomic E-state index is 11.4. The number of pyridine rings is 2. The summed E-state index contributed by atoms with van der Waals surface area (Å²) < 4.78 is 34.1. The van der Waals surface area contributed by atoms with Crippen molar-refractivity contribution in [3.63, 3.8) is 0 Å². The van der Waals surface area contributed by atoms with Crippen molar-refractivity contribution in [3.05, 3.63) is 39.6 Å². The third-order valence-corrected chi connectivity index (χ3v) is 6.27. The SMILES string of the molecule is COCC(C)(N=[N+]=[N-])c1cnc(O[C@H]2C[C@@H](CS(C)(=O)=O)C2)c2cnc(Cl)cc12. The van der Waals surface area contributed by atoms with Crippen molar-refractivity contribution < 1.29 is 17.9 Å². The monoisotopic (exact) mass is 439 g/mol. The van der Waals surface area contributed by atoms with Gasteiger partial charge in [0.1, 0.15) is 21.1 Å². The maximum absolute atomic E-state index is 11.4. The van der Waals surface area contributed by atoms with Gasteiger partial charge in [0.2, 0.25) is 5.88 Å². The van der Waals surface area contributed by atoms with Crippen LogP contribution in [0.25, 0.3) is 21.2 Å². The molecule has 2 aromatic heterocycles. The first kappa shape index (κ1) is 21.6. The van der Waals surface area contributed by atoms with E-state index in [4.69, 9.17) is 26.6 Å². The van der Waals surface area contributed by atoms with Crippen LogP contribution < -0.4 is 4.74 Å². The lowest BCUT2D eigenvalue weighted by Crippen LogP contribution is -2.37. The average Bonchev–Trinajstić information content (AvgIpc) is 2.58. The Hall–Kier alpha value is -2.13. The molecule has 0 saturated heterocycles. The number of aromatic nitrogens is 2. The second-order valence-corrected chi connectivity index (χ2v) is 10.2. The Morgan fingerprint density at radius 3 is 2.69 bits per heavy atom. The fourth-order valence-corrected chi connectivity index (χ4v) is 4.93. The van der Waals surface area contributed by atoms with Gasteiger partial charge in [0.25, 0.3) is 0 Å². The van der Waals surface area contributed by atoms with E-state index in [0.717, 1.165) is 0 Å². The summed E-state index contributed by atoms with van der Waals surface area (Å²) in [6.07, 6.45) is 5.60. The first-order valence-corrected chi connectivity index (χ1v) is 11.4. The molecule has 1 atom stereocenters. The molecule has 0 spiro atoms. The predicted octanol–water partition coefficient (Wildman–Crippen LogP) is 3.66. The minimum Gasteiger partial charge on any atom is -0.474 e. The highest BCUT2D eigenvalue weighted by molar-refractivity contribution is 7.90. The summed E-state index contributed by atoms with van der Waals surface area (Å²) in [6.45, 7) is 1.91. The van der Waals surface area contributed by atoms with Crippen molar-refractivity contribution in [2.75, 3.05) is 25.7 Å². The van der Waals surface area contributed by atoms with Gasteiger partial charge in [-0.3, -0.25) is 0 Å². The van der Waals surface area contributed by atoms with E-state index in [-0.39, 0.29) is 29.5 Å². The first-order valence-electron chi connectivity index (χ1n) is 8.99. The zero-order chi connectivity index (χ0) is 21.2. The Bertz CT molecular complexity index is 1070. The van der Waals surface area contributed by atoms with Crippen LogP contribution in [-0.4, -0.2) is 50.2 Å². The van der Waals surface area contributed by atoms with Gasteiger partial charge in [-0.15, -0.1) is 0 Å². The molecule has 2 heterocycles. The molecule has 1 unspecified atom stereocenters. The van der Waals surface area contributed by atoms with Crippen LogP contribution in [0.4, 0.5) is 0 Å². The van der Waals surface area contributed by atoms with Gasteiger partial charge >= 0.3 is 0 Å². The molecule has 0 aromatic carbocycles. The van der Waals surface area contributed by atoms with E-state index >= 15 is 0 Å². The third-order valence-electron chi connectivity index (χ3n) is 4.98. The molecule has 2 aromatic rings. The van der Waals surface area contributed by atoms with Crippen molar-refractivity contribution in [1.82, 2.24) is 9.97 Å². The molecule has 0 aliphatic heterocycles. The number of nitrogens with zero attached hydrogens (tertiary/aromatic N) is 5. The number of ether oxygens (including phenoxy) is 2. The fourth-order valence-electron chi connectivity index (χ4n) is 3.64. The van der Waals surface area contributed by atoms with Crippen LogP contribution in [-0.2, 0) is 20.1 Å². The Morgan fingerprint density at radius 2 is 2.07 bits per heavy atom. The first-order chi connectivity index (χ1) is 13.6. The van der Waals surface area contributed by atoms with Crippen LogP contribution >= 0.6 is 11.6 Å². The summed E-state index contributed by atoms with van der Waals surface area (Å²) in [4.78, 5) is 11.5. The Kier molecular flexibility index (Phi) is 6.19. The zero-order valence-corrected chi connectivity index (χ0v) is 17.9. The van der Waals surface area contributed by atoms with Gasteiger partial charge in [0, 0.05) is 30.7 Å². The summed E-state index contributed by atoms with van der Waals surface area (Å²) in [7, 11) is -1.48. The summed E-state index contributed by atoms with van der Waals surface area (Å²) in [6, 6.07) is 1.68. The topological polar surface area (TPSA) is 127 Å². The molecule has 3 rings (SSSR count). The molecule has 1 aliphatic carbocycles. The highest BCUT2D eigenvalue weighted by Gasteiger charge is 2.34. The second-order valence-electron chi connectivity index (χ2n) is 7.60. The Balaban J connectivity index is 1.93. The van der Waals surface area contributed by atoms with E-state index < -0.39 is 15.4 Å². The van der Waals surface area contributed by atoms with Crippen molar-refractivity contribution in [2.24, 2.45) is 11.0 Å². The van der Waals surface area contributed by atoms with Crippen molar-refractivity contribution in [1.29, 1.82) is 0 Å². The molecule has 0 amide bonds. The van der Waals surface area contributed by atoms with Crippen LogP contribution in [0.2, 0.25) is 5.15 Å². The average molecular weight is 440 g/mol. The van der Waals surface area contributed by atoms with Gasteiger partial charge in [-0.25, -0.2) is 18.4 Å². The van der Waals surface area contributed by atoms with Crippen LogP contribution in [0.5, 0.6) is 5.88 Å². The van der Waals surface area contributed by atoms with Crippen LogP contribution in [0, 0.1) is 5.92 Å². The number of azide groups is 1. The summed E-state index contributed by atoms with van der Waals surface area (Å²) in [5.74, 6) is 0.651. The highest BCUT2D eigenvalue weighted by atomic mass is 35.5. The van der Waals surface area contributed by atoms with Crippen LogP contribution in [0.1, 0.15) is 25.3 Å². The van der Waals surface area contributed by atoms with Crippen molar-refractivity contribution >= 4 is 32.2 Å². The zero-order valence-electron chi connectivity index (χ0n) is 16.4. The molecule has 9 nitrogen and oxygen atoms in total. The highest BCUT2D eigenvalue weighted by Crippen LogP contribution is 2.38. The molecule has 29 heavy (non-hydrogen) atoms. The van der Waals surface area contributed by atoms with E-state index in [1.165, 1.54) is 13.4 Å². The van der Waals surface area contributed by atoms with Gasteiger partial charge in [-0.2, -0.15) is 0 Å². The molecular formula is C18H22ClN5O4S. The molecule has 0 N–H and O–H groups in total. The van der Waals surface area contributed by atoms with Gasteiger partial charge in [-0.05, 0) is 48.2 Å². The molecule has 0 radical (unpaired) electrons. The number of methoxy groups -OCH3 is 1. The van der Waals surface area contributed by atoms with E-state index in [1.54, 1.807) is 25.4 Å². The molecule has 156 valence electrons. The summed E-state index contributed by atoms with van der Waals surface area (Å²) in [5, 5.41) is 5.53. The van der Waals surface area contributed by atoms with Gasteiger partial charge in [0.05, 0.1) is 23.3 Å².